The second-order valence-electron chi connectivity index (χ2n) is 6.67. The van der Waals surface area contributed by atoms with Crippen LogP contribution in [0.1, 0.15) is 51.5 Å². The van der Waals surface area contributed by atoms with E-state index in [4.69, 9.17) is 9.47 Å². The SMILES string of the molecule is CCOCCC1(C(=O)N2CCOC(c3nncn3CC)C2)CCC1. The van der Waals surface area contributed by atoms with Gasteiger partial charge in [-0.05, 0) is 33.1 Å². The predicted octanol–water partition coefficient (Wildman–Crippen LogP) is 1.79. The maximum Gasteiger partial charge on any atom is 0.229 e. The zero-order valence-electron chi connectivity index (χ0n) is 14.7. The molecular formula is C17H28N4O3. The summed E-state index contributed by atoms with van der Waals surface area (Å²) in [5.74, 6) is 1.08. The third-order valence-corrected chi connectivity index (χ3v) is 5.32. The summed E-state index contributed by atoms with van der Waals surface area (Å²) < 4.78 is 13.3. The van der Waals surface area contributed by atoms with Crippen LogP contribution in [-0.4, -0.2) is 58.5 Å². The Bertz CT molecular complexity index is 556. The van der Waals surface area contributed by atoms with Crippen molar-refractivity contribution in [1.82, 2.24) is 19.7 Å². The van der Waals surface area contributed by atoms with Crippen LogP contribution >= 0.6 is 0 Å². The van der Waals surface area contributed by atoms with Crippen molar-refractivity contribution in [3.63, 3.8) is 0 Å². The lowest BCUT2D eigenvalue weighted by molar-refractivity contribution is -0.157. The predicted molar refractivity (Wildman–Crippen MR) is 88.4 cm³/mol. The molecule has 2 aliphatic rings. The van der Waals surface area contributed by atoms with Gasteiger partial charge in [0.15, 0.2) is 5.82 Å². The van der Waals surface area contributed by atoms with Gasteiger partial charge >= 0.3 is 0 Å². The van der Waals surface area contributed by atoms with Crippen LogP contribution in [0.5, 0.6) is 0 Å². The highest BCUT2D eigenvalue weighted by Gasteiger charge is 2.46. The summed E-state index contributed by atoms with van der Waals surface area (Å²) in [6.07, 6.45) is 5.45. The van der Waals surface area contributed by atoms with E-state index in [-0.39, 0.29) is 17.4 Å². The van der Waals surface area contributed by atoms with Crippen molar-refractivity contribution >= 4 is 5.91 Å². The second kappa shape index (κ2) is 7.61. The number of nitrogens with zero attached hydrogens (tertiary/aromatic N) is 4. The quantitative estimate of drug-likeness (QED) is 0.710. The first-order valence-corrected chi connectivity index (χ1v) is 9.06. The molecule has 0 bridgehead atoms. The number of carbonyl (C=O) groups excluding carboxylic acids is 1. The van der Waals surface area contributed by atoms with E-state index in [2.05, 4.69) is 17.1 Å². The van der Waals surface area contributed by atoms with Gasteiger partial charge < -0.3 is 18.9 Å². The Morgan fingerprint density at radius 2 is 2.29 bits per heavy atom. The molecule has 134 valence electrons. The van der Waals surface area contributed by atoms with Gasteiger partial charge in [-0.3, -0.25) is 4.79 Å². The molecule has 1 saturated carbocycles. The molecule has 1 unspecified atom stereocenters. The summed E-state index contributed by atoms with van der Waals surface area (Å²) in [4.78, 5) is 15.1. The Hall–Kier alpha value is -1.47. The largest absolute Gasteiger partial charge is 0.382 e. The zero-order chi connectivity index (χ0) is 17.0. The van der Waals surface area contributed by atoms with Crippen LogP contribution in [0, 0.1) is 5.41 Å². The summed E-state index contributed by atoms with van der Waals surface area (Å²) in [5, 5.41) is 8.17. The number of aryl methyl sites for hydroxylation is 1. The van der Waals surface area contributed by atoms with Crippen molar-refractivity contribution < 1.29 is 14.3 Å². The van der Waals surface area contributed by atoms with Gasteiger partial charge in [-0.25, -0.2) is 0 Å². The first-order chi connectivity index (χ1) is 11.7. The molecule has 0 spiro atoms. The number of rotatable bonds is 7. The Morgan fingerprint density at radius 1 is 1.46 bits per heavy atom. The number of ether oxygens (including phenoxy) is 2. The molecular weight excluding hydrogens is 308 g/mol. The number of carbonyl (C=O) groups is 1. The molecule has 1 atom stereocenters. The molecule has 1 aliphatic carbocycles. The fourth-order valence-electron chi connectivity index (χ4n) is 3.67. The Labute approximate surface area is 143 Å². The van der Waals surface area contributed by atoms with Crippen molar-refractivity contribution in [2.45, 2.75) is 52.2 Å². The summed E-state index contributed by atoms with van der Waals surface area (Å²) in [6, 6.07) is 0. The van der Waals surface area contributed by atoms with E-state index in [1.54, 1.807) is 6.33 Å². The Morgan fingerprint density at radius 3 is 2.96 bits per heavy atom. The summed E-state index contributed by atoms with van der Waals surface area (Å²) in [7, 11) is 0. The minimum atomic E-state index is -0.213. The lowest BCUT2D eigenvalue weighted by Crippen LogP contribution is -2.52. The lowest BCUT2D eigenvalue weighted by atomic mass is 9.65. The average molecular weight is 336 g/mol. The molecule has 1 aromatic heterocycles. The van der Waals surface area contributed by atoms with Crippen LogP contribution in [0.2, 0.25) is 0 Å². The van der Waals surface area contributed by atoms with E-state index in [0.29, 0.717) is 32.9 Å². The minimum absolute atomic E-state index is 0.186. The molecule has 1 saturated heterocycles. The first-order valence-electron chi connectivity index (χ1n) is 9.06. The number of morpholine rings is 1. The number of aromatic nitrogens is 3. The zero-order valence-corrected chi connectivity index (χ0v) is 14.7. The number of amides is 1. The summed E-state index contributed by atoms with van der Waals surface area (Å²) >= 11 is 0. The summed E-state index contributed by atoms with van der Waals surface area (Å²) in [5.41, 5.74) is -0.213. The van der Waals surface area contributed by atoms with Gasteiger partial charge in [0, 0.05) is 26.3 Å². The van der Waals surface area contributed by atoms with Crippen LogP contribution in [0.15, 0.2) is 6.33 Å². The maximum absolute atomic E-state index is 13.1. The van der Waals surface area contributed by atoms with Crippen molar-refractivity contribution in [2.75, 3.05) is 32.9 Å². The molecule has 2 fully saturated rings. The van der Waals surface area contributed by atoms with Gasteiger partial charge in [0.2, 0.25) is 5.91 Å². The highest BCUT2D eigenvalue weighted by molar-refractivity contribution is 5.83. The molecule has 2 heterocycles. The standard InChI is InChI=1S/C17H28N4O3/c1-3-20-13-18-19-15(20)14-12-21(9-11-24-14)16(22)17(6-5-7-17)8-10-23-4-2/h13-14H,3-12H2,1-2H3. The van der Waals surface area contributed by atoms with Crippen LogP contribution in [-0.2, 0) is 20.8 Å². The molecule has 1 aromatic rings. The molecule has 1 aliphatic heterocycles. The summed E-state index contributed by atoms with van der Waals surface area (Å²) in [6.45, 7) is 7.99. The van der Waals surface area contributed by atoms with Crippen LogP contribution in [0.4, 0.5) is 0 Å². The molecule has 24 heavy (non-hydrogen) atoms. The lowest BCUT2D eigenvalue weighted by Gasteiger charge is -2.45. The van der Waals surface area contributed by atoms with E-state index in [1.807, 2.05) is 16.4 Å². The first kappa shape index (κ1) is 17.4. The average Bonchev–Trinajstić information content (AvgIpc) is 3.05. The van der Waals surface area contributed by atoms with Gasteiger partial charge in [0.25, 0.3) is 0 Å². The van der Waals surface area contributed by atoms with Crippen molar-refractivity contribution in [1.29, 1.82) is 0 Å². The maximum atomic E-state index is 13.1. The van der Waals surface area contributed by atoms with Gasteiger partial charge in [-0.2, -0.15) is 0 Å². The third-order valence-electron chi connectivity index (χ3n) is 5.32. The molecule has 7 heteroatoms. The van der Waals surface area contributed by atoms with E-state index in [9.17, 15) is 4.79 Å². The van der Waals surface area contributed by atoms with Crippen LogP contribution in [0.25, 0.3) is 0 Å². The van der Waals surface area contributed by atoms with Crippen LogP contribution < -0.4 is 0 Å². The molecule has 0 radical (unpaired) electrons. The van der Waals surface area contributed by atoms with E-state index >= 15 is 0 Å². The minimum Gasteiger partial charge on any atom is -0.382 e. The molecule has 3 rings (SSSR count). The normalized spacial score (nSPS) is 23.1. The van der Waals surface area contributed by atoms with Crippen molar-refractivity contribution in [3.8, 4) is 0 Å². The van der Waals surface area contributed by atoms with Gasteiger partial charge in [-0.1, -0.05) is 6.42 Å². The molecule has 0 aromatic carbocycles. The van der Waals surface area contributed by atoms with Crippen molar-refractivity contribution in [2.24, 2.45) is 5.41 Å². The highest BCUT2D eigenvalue weighted by Crippen LogP contribution is 2.46. The molecule has 0 N–H and O–H groups in total. The second-order valence-corrected chi connectivity index (χ2v) is 6.67. The van der Waals surface area contributed by atoms with Gasteiger partial charge in [-0.15, -0.1) is 10.2 Å². The fourth-order valence-corrected chi connectivity index (χ4v) is 3.67. The van der Waals surface area contributed by atoms with Crippen LogP contribution in [0.3, 0.4) is 0 Å². The highest BCUT2D eigenvalue weighted by atomic mass is 16.5. The smallest absolute Gasteiger partial charge is 0.229 e. The Kier molecular flexibility index (Phi) is 5.50. The number of hydrogen-bond acceptors (Lipinski definition) is 5. The fraction of sp³-hybridized carbons (Fsp3) is 0.824. The molecule has 7 nitrogen and oxygen atoms in total. The van der Waals surface area contributed by atoms with E-state index < -0.39 is 0 Å². The Balaban J connectivity index is 1.66. The van der Waals surface area contributed by atoms with E-state index in [0.717, 1.165) is 38.1 Å². The van der Waals surface area contributed by atoms with Crippen molar-refractivity contribution in [3.05, 3.63) is 12.2 Å². The third kappa shape index (κ3) is 3.32. The van der Waals surface area contributed by atoms with Gasteiger partial charge in [0.1, 0.15) is 12.4 Å². The topological polar surface area (TPSA) is 69.5 Å². The molecule has 1 amide bonds. The van der Waals surface area contributed by atoms with Gasteiger partial charge in [0.05, 0.1) is 18.6 Å². The number of hydrogen-bond donors (Lipinski definition) is 0. The van der Waals surface area contributed by atoms with E-state index in [1.165, 1.54) is 0 Å². The monoisotopic (exact) mass is 336 g/mol.